The van der Waals surface area contributed by atoms with Gasteiger partial charge < -0.3 is 10.4 Å². The second-order valence-corrected chi connectivity index (χ2v) is 5.83. The molecule has 0 amide bonds. The molecule has 2 rings (SSSR count). The highest BCUT2D eigenvalue weighted by Gasteiger charge is 2.26. The summed E-state index contributed by atoms with van der Waals surface area (Å²) in [7, 11) is 0. The fraction of sp³-hybridized carbons (Fsp3) is 0.500. The minimum Gasteiger partial charge on any atom is -0.481 e. The molecule has 2 N–H and O–H groups in total. The van der Waals surface area contributed by atoms with Gasteiger partial charge in [-0.15, -0.1) is 0 Å². The normalized spacial score (nSPS) is 23.8. The van der Waals surface area contributed by atoms with Crippen LogP contribution in [0.5, 0.6) is 0 Å². The van der Waals surface area contributed by atoms with Crippen molar-refractivity contribution in [3.8, 4) is 0 Å². The van der Waals surface area contributed by atoms with Crippen LogP contribution in [0.4, 0.5) is 0 Å². The second kappa shape index (κ2) is 6.34. The fourth-order valence-electron chi connectivity index (χ4n) is 2.51. The molecule has 1 aliphatic carbocycles. The monoisotopic (exact) mass is 311 g/mol. The lowest BCUT2D eigenvalue weighted by molar-refractivity contribution is -0.143. The smallest absolute Gasteiger partial charge is 0.306 e. The number of halogens is 1. The van der Waals surface area contributed by atoms with Crippen LogP contribution in [0.15, 0.2) is 28.7 Å². The van der Waals surface area contributed by atoms with Crippen LogP contribution in [0.1, 0.15) is 31.2 Å². The minimum absolute atomic E-state index is 0.168. The Kier molecular flexibility index (Phi) is 4.78. The van der Waals surface area contributed by atoms with Gasteiger partial charge in [0.15, 0.2) is 0 Å². The molecule has 18 heavy (non-hydrogen) atoms. The third-order valence-corrected chi connectivity index (χ3v) is 4.00. The summed E-state index contributed by atoms with van der Waals surface area (Å²) in [5.74, 6) is -0.817. The number of carboxylic acid groups (broad SMARTS) is 1. The van der Waals surface area contributed by atoms with E-state index in [0.717, 1.165) is 36.7 Å². The van der Waals surface area contributed by atoms with Crippen molar-refractivity contribution in [3.05, 3.63) is 34.3 Å². The van der Waals surface area contributed by atoms with E-state index < -0.39 is 5.97 Å². The van der Waals surface area contributed by atoms with Gasteiger partial charge >= 0.3 is 5.97 Å². The van der Waals surface area contributed by atoms with Crippen molar-refractivity contribution in [2.24, 2.45) is 5.92 Å². The number of hydrogen-bond acceptors (Lipinski definition) is 2. The Balaban J connectivity index is 1.84. The molecule has 0 aromatic heterocycles. The van der Waals surface area contributed by atoms with Crippen LogP contribution >= 0.6 is 15.9 Å². The zero-order valence-electron chi connectivity index (χ0n) is 10.2. The van der Waals surface area contributed by atoms with Crippen molar-refractivity contribution < 1.29 is 9.90 Å². The van der Waals surface area contributed by atoms with E-state index in [-0.39, 0.29) is 5.92 Å². The summed E-state index contributed by atoms with van der Waals surface area (Å²) in [6.45, 7) is 0.802. The predicted octanol–water partition coefficient (Wildman–Crippen LogP) is 3.18. The lowest BCUT2D eigenvalue weighted by Crippen LogP contribution is -2.36. The van der Waals surface area contributed by atoms with Crippen molar-refractivity contribution in [2.45, 2.75) is 38.3 Å². The van der Waals surface area contributed by atoms with Crippen LogP contribution in [0.25, 0.3) is 0 Å². The molecule has 1 fully saturated rings. The number of benzene rings is 1. The van der Waals surface area contributed by atoms with Crippen molar-refractivity contribution in [1.82, 2.24) is 5.32 Å². The molecule has 4 heteroatoms. The average Bonchev–Trinajstić information content (AvgIpc) is 2.37. The van der Waals surface area contributed by atoms with Gasteiger partial charge in [0.25, 0.3) is 0 Å². The van der Waals surface area contributed by atoms with Crippen molar-refractivity contribution in [2.75, 3.05) is 0 Å². The average molecular weight is 312 g/mol. The summed E-state index contributed by atoms with van der Waals surface area (Å²) in [5, 5.41) is 12.5. The molecule has 0 spiro atoms. The molecule has 0 radical (unpaired) electrons. The highest BCUT2D eigenvalue weighted by molar-refractivity contribution is 9.10. The van der Waals surface area contributed by atoms with Gasteiger partial charge in [-0.1, -0.05) is 34.5 Å². The molecular formula is C14H18BrNO2. The van der Waals surface area contributed by atoms with Crippen molar-refractivity contribution >= 4 is 21.9 Å². The topological polar surface area (TPSA) is 49.3 Å². The summed E-state index contributed by atoms with van der Waals surface area (Å²) in [6.07, 6.45) is 3.67. The van der Waals surface area contributed by atoms with Crippen LogP contribution in [0, 0.1) is 5.92 Å². The highest BCUT2D eigenvalue weighted by Crippen LogP contribution is 2.24. The van der Waals surface area contributed by atoms with Gasteiger partial charge in [0.05, 0.1) is 5.92 Å². The van der Waals surface area contributed by atoms with E-state index >= 15 is 0 Å². The summed E-state index contributed by atoms with van der Waals surface area (Å²) in [6, 6.07) is 8.52. The first kappa shape index (κ1) is 13.6. The van der Waals surface area contributed by atoms with Crippen LogP contribution in [-0.4, -0.2) is 17.1 Å². The van der Waals surface area contributed by atoms with Gasteiger partial charge in [0.2, 0.25) is 0 Å². The molecule has 0 heterocycles. The lowest BCUT2D eigenvalue weighted by Gasteiger charge is -2.27. The Bertz CT molecular complexity index is 422. The molecule has 1 aromatic carbocycles. The first-order valence-corrected chi connectivity index (χ1v) is 7.15. The molecule has 2 atom stereocenters. The van der Waals surface area contributed by atoms with Crippen LogP contribution < -0.4 is 5.32 Å². The molecule has 0 bridgehead atoms. The summed E-state index contributed by atoms with van der Waals surface area (Å²) in [4.78, 5) is 11.0. The largest absolute Gasteiger partial charge is 0.481 e. The van der Waals surface area contributed by atoms with E-state index in [2.05, 4.69) is 33.4 Å². The lowest BCUT2D eigenvalue weighted by atomic mass is 9.86. The van der Waals surface area contributed by atoms with Crippen molar-refractivity contribution in [1.29, 1.82) is 0 Å². The van der Waals surface area contributed by atoms with Gasteiger partial charge in [0.1, 0.15) is 0 Å². The first-order chi connectivity index (χ1) is 8.65. The molecular weight excluding hydrogens is 294 g/mol. The zero-order valence-corrected chi connectivity index (χ0v) is 11.8. The van der Waals surface area contributed by atoms with Gasteiger partial charge in [0, 0.05) is 17.1 Å². The maximum atomic E-state index is 11.0. The zero-order chi connectivity index (χ0) is 13.0. The molecule has 0 saturated heterocycles. The van der Waals surface area contributed by atoms with Gasteiger partial charge in [-0.05, 0) is 37.0 Å². The molecule has 2 unspecified atom stereocenters. The second-order valence-electron chi connectivity index (χ2n) is 4.91. The third-order valence-electron chi connectivity index (χ3n) is 3.51. The van der Waals surface area contributed by atoms with Gasteiger partial charge in [-0.2, -0.15) is 0 Å². The Labute approximate surface area is 116 Å². The van der Waals surface area contributed by atoms with E-state index in [1.165, 1.54) is 5.56 Å². The van der Waals surface area contributed by atoms with E-state index in [1.807, 2.05) is 12.1 Å². The molecule has 1 saturated carbocycles. The fourth-order valence-corrected chi connectivity index (χ4v) is 2.96. The molecule has 1 aromatic rings. The van der Waals surface area contributed by atoms with Crippen LogP contribution in [0.3, 0.4) is 0 Å². The molecule has 0 aliphatic heterocycles. The molecule has 1 aliphatic rings. The number of hydrogen-bond donors (Lipinski definition) is 2. The number of carboxylic acids is 1. The van der Waals surface area contributed by atoms with Gasteiger partial charge in [-0.3, -0.25) is 4.79 Å². The number of rotatable bonds is 4. The Hall–Kier alpha value is -0.870. The third kappa shape index (κ3) is 3.82. The molecule has 3 nitrogen and oxygen atoms in total. The van der Waals surface area contributed by atoms with E-state index in [0.29, 0.717) is 6.04 Å². The standard InChI is InChI=1S/C14H18BrNO2/c15-12-5-1-3-10(7-12)9-16-13-6-2-4-11(8-13)14(17)18/h1,3,5,7,11,13,16H,2,4,6,8-9H2,(H,17,18). The summed E-state index contributed by atoms with van der Waals surface area (Å²) < 4.78 is 1.08. The summed E-state index contributed by atoms with van der Waals surface area (Å²) in [5.41, 5.74) is 1.22. The quantitative estimate of drug-likeness (QED) is 0.898. The van der Waals surface area contributed by atoms with E-state index in [9.17, 15) is 4.79 Å². The number of carbonyl (C=O) groups is 1. The SMILES string of the molecule is O=C(O)C1CCCC(NCc2cccc(Br)c2)C1. The Morgan fingerprint density at radius 2 is 2.28 bits per heavy atom. The maximum Gasteiger partial charge on any atom is 0.306 e. The number of aliphatic carboxylic acids is 1. The van der Waals surface area contributed by atoms with Crippen LogP contribution in [0.2, 0.25) is 0 Å². The molecule has 98 valence electrons. The van der Waals surface area contributed by atoms with Crippen molar-refractivity contribution in [3.63, 3.8) is 0 Å². The predicted molar refractivity (Wildman–Crippen MR) is 74.4 cm³/mol. The van der Waals surface area contributed by atoms with Gasteiger partial charge in [-0.25, -0.2) is 0 Å². The maximum absolute atomic E-state index is 11.0. The Morgan fingerprint density at radius 3 is 3.00 bits per heavy atom. The Morgan fingerprint density at radius 1 is 1.44 bits per heavy atom. The highest BCUT2D eigenvalue weighted by atomic mass is 79.9. The minimum atomic E-state index is -0.649. The summed E-state index contributed by atoms with van der Waals surface area (Å²) >= 11 is 3.45. The van der Waals surface area contributed by atoms with Crippen LogP contribution in [-0.2, 0) is 11.3 Å². The van der Waals surface area contributed by atoms with E-state index in [1.54, 1.807) is 0 Å². The first-order valence-electron chi connectivity index (χ1n) is 6.36. The van der Waals surface area contributed by atoms with E-state index in [4.69, 9.17) is 5.11 Å². The number of nitrogens with one attached hydrogen (secondary N) is 1.